The van der Waals surface area contributed by atoms with Crippen molar-refractivity contribution >= 4 is 5.71 Å². The molecule has 150 valence electrons. The van der Waals surface area contributed by atoms with E-state index in [0.29, 0.717) is 6.61 Å². The Bertz CT molecular complexity index is 1150. The Kier molecular flexibility index (Phi) is 5.75. The van der Waals surface area contributed by atoms with Crippen LogP contribution in [0, 0.1) is 12.7 Å². The van der Waals surface area contributed by atoms with Crippen LogP contribution in [0.1, 0.15) is 23.7 Å². The summed E-state index contributed by atoms with van der Waals surface area (Å²) in [5.74, 6) is -0.249. The van der Waals surface area contributed by atoms with E-state index in [4.69, 9.17) is 4.84 Å². The zero-order chi connectivity index (χ0) is 20.9. The van der Waals surface area contributed by atoms with Crippen molar-refractivity contribution in [2.24, 2.45) is 5.16 Å². The second-order valence-electron chi connectivity index (χ2n) is 7.14. The van der Waals surface area contributed by atoms with E-state index >= 15 is 0 Å². The molecule has 0 N–H and O–H groups in total. The minimum absolute atomic E-state index is 0.249. The number of hydrogen-bond acceptors (Lipinski definition) is 2. The van der Waals surface area contributed by atoms with Gasteiger partial charge in [0.15, 0.2) is 0 Å². The molecule has 0 bridgehead atoms. The molecule has 4 rings (SSSR count). The number of halogens is 1. The molecule has 1 aromatic heterocycles. The molecule has 0 fully saturated rings. The van der Waals surface area contributed by atoms with E-state index in [9.17, 15) is 4.39 Å². The van der Waals surface area contributed by atoms with Gasteiger partial charge in [-0.25, -0.2) is 4.39 Å². The van der Waals surface area contributed by atoms with Gasteiger partial charge in [-0.15, -0.1) is 0 Å². The third-order valence-electron chi connectivity index (χ3n) is 5.07. The van der Waals surface area contributed by atoms with Gasteiger partial charge in [0.05, 0.1) is 11.4 Å². The van der Waals surface area contributed by atoms with Crippen LogP contribution >= 0.6 is 0 Å². The fourth-order valence-corrected chi connectivity index (χ4v) is 3.54. The summed E-state index contributed by atoms with van der Waals surface area (Å²) in [6.45, 7) is 4.42. The molecule has 0 amide bonds. The van der Waals surface area contributed by atoms with E-state index in [0.717, 1.165) is 39.5 Å². The largest absolute Gasteiger partial charge is 0.391 e. The van der Waals surface area contributed by atoms with Crippen molar-refractivity contribution in [3.05, 3.63) is 114 Å². The molecule has 1 heterocycles. The molecule has 0 saturated heterocycles. The lowest BCUT2D eigenvalue weighted by Gasteiger charge is -2.12. The Balaban J connectivity index is 1.71. The predicted octanol–water partition coefficient (Wildman–Crippen LogP) is 6.53. The molecule has 0 spiro atoms. The molecule has 0 saturated carbocycles. The van der Waals surface area contributed by atoms with E-state index in [1.165, 1.54) is 12.1 Å². The van der Waals surface area contributed by atoms with Crippen molar-refractivity contribution in [3.8, 4) is 16.9 Å². The third-order valence-corrected chi connectivity index (χ3v) is 5.07. The number of oxime groups is 1. The molecular weight excluding hydrogens is 375 g/mol. The molecule has 30 heavy (non-hydrogen) atoms. The molecule has 0 radical (unpaired) electrons. The highest BCUT2D eigenvalue weighted by molar-refractivity contribution is 6.01. The summed E-state index contributed by atoms with van der Waals surface area (Å²) in [4.78, 5) is 5.60. The fourth-order valence-electron chi connectivity index (χ4n) is 3.54. The summed E-state index contributed by atoms with van der Waals surface area (Å²) in [5.41, 5.74) is 6.86. The van der Waals surface area contributed by atoms with Crippen molar-refractivity contribution in [2.45, 2.75) is 20.5 Å². The number of benzene rings is 3. The smallest absolute Gasteiger partial charge is 0.142 e. The Hall–Kier alpha value is -3.66. The molecule has 0 atom stereocenters. The Morgan fingerprint density at radius 1 is 0.900 bits per heavy atom. The van der Waals surface area contributed by atoms with Gasteiger partial charge >= 0.3 is 0 Å². The third kappa shape index (κ3) is 4.18. The molecule has 4 heteroatoms. The summed E-state index contributed by atoms with van der Waals surface area (Å²) in [7, 11) is 0. The average Bonchev–Trinajstić information content (AvgIpc) is 3.12. The van der Waals surface area contributed by atoms with Gasteiger partial charge in [0.1, 0.15) is 12.4 Å². The minimum Gasteiger partial charge on any atom is -0.391 e. The van der Waals surface area contributed by atoms with Crippen LogP contribution in [0.3, 0.4) is 0 Å². The second-order valence-corrected chi connectivity index (χ2v) is 7.14. The maximum atomic E-state index is 13.5. The lowest BCUT2D eigenvalue weighted by Crippen LogP contribution is -2.02. The first kappa shape index (κ1) is 19.6. The molecule has 0 aliphatic rings. The summed E-state index contributed by atoms with van der Waals surface area (Å²) < 4.78 is 15.6. The van der Waals surface area contributed by atoms with Gasteiger partial charge in [-0.2, -0.15) is 0 Å². The van der Waals surface area contributed by atoms with E-state index in [1.807, 2.05) is 55.5 Å². The van der Waals surface area contributed by atoms with Crippen LogP contribution in [0.5, 0.6) is 0 Å². The first-order chi connectivity index (χ1) is 14.6. The quantitative estimate of drug-likeness (QED) is 0.268. The number of nitrogens with zero attached hydrogens (tertiary/aromatic N) is 2. The summed E-state index contributed by atoms with van der Waals surface area (Å²) in [6, 6.07) is 28.7. The molecule has 0 aliphatic carbocycles. The lowest BCUT2D eigenvalue weighted by molar-refractivity contribution is 0.130. The Morgan fingerprint density at radius 3 is 2.20 bits per heavy atom. The van der Waals surface area contributed by atoms with Gasteiger partial charge in [-0.3, -0.25) is 0 Å². The molecule has 0 unspecified atom stereocenters. The van der Waals surface area contributed by atoms with Gasteiger partial charge in [-0.1, -0.05) is 53.7 Å². The maximum absolute atomic E-state index is 13.5. The van der Waals surface area contributed by atoms with Gasteiger partial charge in [-0.05, 0) is 67.4 Å². The standard InChI is InChI=1S/C26H23FN2O/c1-19(28-30-18-21-9-5-3-6-10-21)25-17-26(22-13-15-23(27)16-14-22)29(20(25)2)24-11-7-4-8-12-24/h3-17H,18H2,1-2H3. The van der Waals surface area contributed by atoms with E-state index in [1.54, 1.807) is 12.1 Å². The summed E-state index contributed by atoms with van der Waals surface area (Å²) >= 11 is 0. The van der Waals surface area contributed by atoms with Crippen molar-refractivity contribution in [3.63, 3.8) is 0 Å². The van der Waals surface area contributed by atoms with Crippen LogP contribution in [0.4, 0.5) is 4.39 Å². The van der Waals surface area contributed by atoms with Gasteiger partial charge in [0, 0.05) is 16.9 Å². The predicted molar refractivity (Wildman–Crippen MR) is 119 cm³/mol. The fraction of sp³-hybridized carbons (Fsp3) is 0.115. The van der Waals surface area contributed by atoms with Crippen LogP contribution in [0.2, 0.25) is 0 Å². The SMILES string of the molecule is CC(=NOCc1ccccc1)c1cc(-c2ccc(F)cc2)n(-c2ccccc2)c1C. The van der Waals surface area contributed by atoms with Crippen LogP contribution in [-0.2, 0) is 11.4 Å². The van der Waals surface area contributed by atoms with E-state index in [2.05, 4.69) is 34.8 Å². The van der Waals surface area contributed by atoms with Gasteiger partial charge in [0.25, 0.3) is 0 Å². The molecule has 4 aromatic rings. The van der Waals surface area contributed by atoms with E-state index < -0.39 is 0 Å². The zero-order valence-electron chi connectivity index (χ0n) is 17.0. The highest BCUT2D eigenvalue weighted by atomic mass is 19.1. The molecule has 3 nitrogen and oxygen atoms in total. The normalized spacial score (nSPS) is 11.5. The lowest BCUT2D eigenvalue weighted by atomic mass is 10.1. The molecule has 3 aromatic carbocycles. The van der Waals surface area contributed by atoms with Gasteiger partial charge < -0.3 is 9.40 Å². The minimum atomic E-state index is -0.249. The first-order valence-corrected chi connectivity index (χ1v) is 9.88. The van der Waals surface area contributed by atoms with Gasteiger partial charge in [0.2, 0.25) is 0 Å². The van der Waals surface area contributed by atoms with E-state index in [-0.39, 0.29) is 5.82 Å². The van der Waals surface area contributed by atoms with Crippen LogP contribution in [0.25, 0.3) is 16.9 Å². The zero-order valence-corrected chi connectivity index (χ0v) is 17.0. The van der Waals surface area contributed by atoms with Crippen LogP contribution in [-0.4, -0.2) is 10.3 Å². The first-order valence-electron chi connectivity index (χ1n) is 9.88. The maximum Gasteiger partial charge on any atom is 0.142 e. The number of para-hydroxylation sites is 1. The number of rotatable bonds is 6. The highest BCUT2D eigenvalue weighted by Crippen LogP contribution is 2.30. The average molecular weight is 398 g/mol. The van der Waals surface area contributed by atoms with Crippen LogP contribution in [0.15, 0.2) is 96.2 Å². The molecular formula is C26H23FN2O. The molecule has 0 aliphatic heterocycles. The Morgan fingerprint density at radius 2 is 1.53 bits per heavy atom. The van der Waals surface area contributed by atoms with Crippen molar-refractivity contribution in [2.75, 3.05) is 0 Å². The van der Waals surface area contributed by atoms with Crippen LogP contribution < -0.4 is 0 Å². The highest BCUT2D eigenvalue weighted by Gasteiger charge is 2.17. The summed E-state index contributed by atoms with van der Waals surface area (Å²) in [5, 5.41) is 4.35. The second kappa shape index (κ2) is 8.78. The number of hydrogen-bond donors (Lipinski definition) is 0. The topological polar surface area (TPSA) is 26.5 Å². The monoisotopic (exact) mass is 398 g/mol. The van der Waals surface area contributed by atoms with Crippen molar-refractivity contribution in [1.82, 2.24) is 4.57 Å². The Labute approximate surface area is 176 Å². The summed E-state index contributed by atoms with van der Waals surface area (Å²) in [6.07, 6.45) is 0. The van der Waals surface area contributed by atoms with Crippen molar-refractivity contribution < 1.29 is 9.23 Å². The number of aromatic nitrogens is 1. The van der Waals surface area contributed by atoms with Crippen molar-refractivity contribution in [1.29, 1.82) is 0 Å².